The van der Waals surface area contributed by atoms with Crippen molar-refractivity contribution in [3.63, 3.8) is 0 Å². The Balaban J connectivity index is 2.12. The summed E-state index contributed by atoms with van der Waals surface area (Å²) in [6, 6.07) is 9.24. The first-order chi connectivity index (χ1) is 8.72. The number of benzene rings is 1. The van der Waals surface area contributed by atoms with Gasteiger partial charge in [0.25, 0.3) is 0 Å². The molecule has 0 aliphatic carbocycles. The second-order valence-electron chi connectivity index (χ2n) is 5.10. The second-order valence-corrected chi connectivity index (χ2v) is 5.10. The van der Waals surface area contributed by atoms with E-state index in [2.05, 4.69) is 48.3 Å². The summed E-state index contributed by atoms with van der Waals surface area (Å²) in [5, 5.41) is 12.2. The minimum absolute atomic E-state index is 0.468. The van der Waals surface area contributed by atoms with Crippen molar-refractivity contribution in [3.05, 3.63) is 29.3 Å². The molecule has 1 N–H and O–H groups in total. The number of para-hydroxylation sites is 1. The maximum Gasteiger partial charge on any atom is 0.0635 e. The number of rotatable bonds is 5. The molecule has 2 rings (SSSR count). The molecule has 0 unspecified atom stereocenters. The lowest BCUT2D eigenvalue weighted by molar-refractivity contribution is 0.218. The molecule has 0 radical (unpaired) electrons. The molecule has 1 aromatic rings. The summed E-state index contributed by atoms with van der Waals surface area (Å²) >= 11 is 0. The molecule has 1 aliphatic heterocycles. The molecular formula is C15H21N3. The van der Waals surface area contributed by atoms with Crippen molar-refractivity contribution in [2.45, 2.75) is 39.3 Å². The number of anilines is 1. The van der Waals surface area contributed by atoms with Crippen molar-refractivity contribution in [2.75, 3.05) is 18.4 Å². The van der Waals surface area contributed by atoms with Gasteiger partial charge in [0.2, 0.25) is 0 Å². The highest BCUT2D eigenvalue weighted by molar-refractivity contribution is 5.61. The van der Waals surface area contributed by atoms with E-state index in [-0.39, 0.29) is 0 Å². The third-order valence-electron chi connectivity index (χ3n) is 3.55. The van der Waals surface area contributed by atoms with Crippen LogP contribution in [0.25, 0.3) is 0 Å². The van der Waals surface area contributed by atoms with Crippen molar-refractivity contribution in [2.24, 2.45) is 0 Å². The Hall–Kier alpha value is -1.53. The first-order valence-electron chi connectivity index (χ1n) is 6.68. The molecule has 0 atom stereocenters. The van der Waals surface area contributed by atoms with Gasteiger partial charge >= 0.3 is 0 Å². The minimum atomic E-state index is 0.468. The molecule has 1 heterocycles. The quantitative estimate of drug-likeness (QED) is 0.864. The number of nitrogens with zero attached hydrogens (tertiary/aromatic N) is 2. The third kappa shape index (κ3) is 2.83. The number of fused-ring (bicyclic) bond motifs is 1. The van der Waals surface area contributed by atoms with Gasteiger partial charge in [-0.2, -0.15) is 5.26 Å². The molecule has 1 aliphatic rings. The van der Waals surface area contributed by atoms with Crippen molar-refractivity contribution in [3.8, 4) is 6.07 Å². The molecule has 0 saturated heterocycles. The fraction of sp³-hybridized carbons (Fsp3) is 0.533. The summed E-state index contributed by atoms with van der Waals surface area (Å²) in [7, 11) is 0. The van der Waals surface area contributed by atoms with Gasteiger partial charge in [0.1, 0.15) is 0 Å². The predicted molar refractivity (Wildman–Crippen MR) is 74.4 cm³/mol. The molecule has 0 amide bonds. The number of hydrogen-bond acceptors (Lipinski definition) is 3. The van der Waals surface area contributed by atoms with E-state index in [1.54, 1.807) is 0 Å². The van der Waals surface area contributed by atoms with Gasteiger partial charge in [0, 0.05) is 37.8 Å². The van der Waals surface area contributed by atoms with Crippen LogP contribution in [-0.2, 0) is 13.0 Å². The average Bonchev–Trinajstić information content (AvgIpc) is 2.83. The van der Waals surface area contributed by atoms with E-state index in [1.807, 2.05) is 0 Å². The van der Waals surface area contributed by atoms with Crippen LogP contribution in [0.4, 0.5) is 5.69 Å². The minimum Gasteiger partial charge on any atom is -0.384 e. The lowest BCUT2D eigenvalue weighted by atomic mass is 10.1. The number of nitrogens with one attached hydrogen (secondary N) is 1. The summed E-state index contributed by atoms with van der Waals surface area (Å²) < 4.78 is 0. The van der Waals surface area contributed by atoms with Crippen LogP contribution in [-0.4, -0.2) is 24.0 Å². The Morgan fingerprint density at radius 1 is 1.44 bits per heavy atom. The van der Waals surface area contributed by atoms with Gasteiger partial charge in [0.15, 0.2) is 0 Å². The lowest BCUT2D eigenvalue weighted by Gasteiger charge is -2.26. The Morgan fingerprint density at radius 2 is 2.28 bits per heavy atom. The van der Waals surface area contributed by atoms with Gasteiger partial charge in [0.05, 0.1) is 6.07 Å². The Bertz CT molecular complexity index is 446. The van der Waals surface area contributed by atoms with Crippen LogP contribution in [0.2, 0.25) is 0 Å². The fourth-order valence-electron chi connectivity index (χ4n) is 2.47. The van der Waals surface area contributed by atoms with Crippen molar-refractivity contribution in [1.82, 2.24) is 4.90 Å². The number of hydrogen-bond donors (Lipinski definition) is 1. The van der Waals surface area contributed by atoms with Gasteiger partial charge < -0.3 is 5.32 Å². The molecule has 0 bridgehead atoms. The summed E-state index contributed by atoms with van der Waals surface area (Å²) in [4.78, 5) is 2.36. The highest BCUT2D eigenvalue weighted by Gasteiger charge is 2.17. The van der Waals surface area contributed by atoms with E-state index >= 15 is 0 Å². The van der Waals surface area contributed by atoms with Gasteiger partial charge in [-0.05, 0) is 31.4 Å². The maximum absolute atomic E-state index is 8.73. The molecule has 18 heavy (non-hydrogen) atoms. The first-order valence-corrected chi connectivity index (χ1v) is 6.68. The Morgan fingerprint density at radius 3 is 3.00 bits per heavy atom. The fourth-order valence-corrected chi connectivity index (χ4v) is 2.47. The molecule has 0 aromatic heterocycles. The Labute approximate surface area is 109 Å². The van der Waals surface area contributed by atoms with Gasteiger partial charge in [-0.15, -0.1) is 0 Å². The molecule has 3 nitrogen and oxygen atoms in total. The monoisotopic (exact) mass is 243 g/mol. The normalized spacial score (nSPS) is 13.5. The molecule has 0 spiro atoms. The molecule has 0 fully saturated rings. The topological polar surface area (TPSA) is 39.1 Å². The van der Waals surface area contributed by atoms with Crippen LogP contribution >= 0.6 is 0 Å². The Kier molecular flexibility index (Phi) is 4.22. The second kappa shape index (κ2) is 5.88. The lowest BCUT2D eigenvalue weighted by Crippen LogP contribution is -2.31. The van der Waals surface area contributed by atoms with E-state index in [9.17, 15) is 0 Å². The highest BCUT2D eigenvalue weighted by atomic mass is 15.1. The summed E-state index contributed by atoms with van der Waals surface area (Å²) in [5.41, 5.74) is 4.10. The zero-order chi connectivity index (χ0) is 13.0. The highest BCUT2D eigenvalue weighted by Crippen LogP contribution is 2.27. The van der Waals surface area contributed by atoms with Crippen LogP contribution in [0.15, 0.2) is 18.2 Å². The summed E-state index contributed by atoms with van der Waals surface area (Å²) in [6.45, 7) is 7.20. The van der Waals surface area contributed by atoms with Crippen LogP contribution in [0.1, 0.15) is 31.4 Å². The summed E-state index contributed by atoms with van der Waals surface area (Å²) in [6.07, 6.45) is 1.73. The predicted octanol–water partition coefficient (Wildman–Crippen LogP) is 2.78. The molecule has 0 saturated carbocycles. The van der Waals surface area contributed by atoms with E-state index < -0.39 is 0 Å². The first kappa shape index (κ1) is 12.9. The van der Waals surface area contributed by atoms with Crippen molar-refractivity contribution < 1.29 is 0 Å². The maximum atomic E-state index is 8.73. The van der Waals surface area contributed by atoms with Crippen LogP contribution in [0.3, 0.4) is 0 Å². The van der Waals surface area contributed by atoms with Crippen molar-refractivity contribution in [1.29, 1.82) is 5.26 Å². The van der Waals surface area contributed by atoms with Crippen LogP contribution in [0.5, 0.6) is 0 Å². The van der Waals surface area contributed by atoms with Gasteiger partial charge in [-0.1, -0.05) is 18.2 Å². The van der Waals surface area contributed by atoms with Crippen LogP contribution in [0, 0.1) is 11.3 Å². The van der Waals surface area contributed by atoms with E-state index in [1.165, 1.54) is 16.8 Å². The SMILES string of the molecule is CC(C)N(CCC#N)Cc1cccc2c1NCC2. The van der Waals surface area contributed by atoms with E-state index in [4.69, 9.17) is 5.26 Å². The average molecular weight is 243 g/mol. The summed E-state index contributed by atoms with van der Waals surface area (Å²) in [5.74, 6) is 0. The van der Waals surface area contributed by atoms with Gasteiger partial charge in [-0.25, -0.2) is 0 Å². The number of nitriles is 1. The molecule has 96 valence electrons. The van der Waals surface area contributed by atoms with E-state index in [0.29, 0.717) is 12.5 Å². The molecule has 1 aromatic carbocycles. The molecular weight excluding hydrogens is 222 g/mol. The molecule has 3 heteroatoms. The third-order valence-corrected chi connectivity index (χ3v) is 3.55. The zero-order valence-corrected chi connectivity index (χ0v) is 11.2. The van der Waals surface area contributed by atoms with E-state index in [0.717, 1.165) is 26.1 Å². The smallest absolute Gasteiger partial charge is 0.0635 e. The largest absolute Gasteiger partial charge is 0.384 e. The standard InChI is InChI=1S/C15H21N3/c1-12(2)18(10-4-8-16)11-14-6-3-5-13-7-9-17-15(13)14/h3,5-6,12,17H,4,7,9-11H2,1-2H3. The van der Waals surface area contributed by atoms with Crippen LogP contribution < -0.4 is 5.32 Å². The van der Waals surface area contributed by atoms with Crippen molar-refractivity contribution >= 4 is 5.69 Å². The van der Waals surface area contributed by atoms with Gasteiger partial charge in [-0.3, -0.25) is 4.90 Å². The zero-order valence-electron chi connectivity index (χ0n) is 11.2.